The predicted octanol–water partition coefficient (Wildman–Crippen LogP) is 1.96. The molecule has 0 N–H and O–H groups in total. The second-order valence-electron chi connectivity index (χ2n) is 3.36. The number of hydrogen-bond donors (Lipinski definition) is 0. The first-order valence-corrected chi connectivity index (χ1v) is 5.47. The Kier molecular flexibility index (Phi) is 2.75. The van der Waals surface area contributed by atoms with Crippen molar-refractivity contribution in [1.29, 1.82) is 5.26 Å². The lowest BCUT2D eigenvalue weighted by molar-refractivity contribution is 0.0657. The first-order chi connectivity index (χ1) is 7.65. The minimum absolute atomic E-state index is 0.153. The number of nitriles is 1. The van der Waals surface area contributed by atoms with Crippen LogP contribution in [0.3, 0.4) is 0 Å². The summed E-state index contributed by atoms with van der Waals surface area (Å²) in [6.45, 7) is 0.153. The lowest BCUT2D eigenvalue weighted by Crippen LogP contribution is -2.30. The van der Waals surface area contributed by atoms with Crippen LogP contribution in [-0.2, 0) is 0 Å². The number of nitrogens with zero attached hydrogens (tertiary/aromatic N) is 2. The van der Waals surface area contributed by atoms with Crippen LogP contribution in [0.1, 0.15) is 27.1 Å². The van der Waals surface area contributed by atoms with Gasteiger partial charge in [-0.1, -0.05) is 15.9 Å². The average Bonchev–Trinajstić information content (AvgIpc) is 2.50. The maximum absolute atomic E-state index is 11.8. The number of amides is 2. The number of halogens is 1. The van der Waals surface area contributed by atoms with E-state index in [1.54, 1.807) is 18.2 Å². The molecule has 0 bridgehead atoms. The van der Waals surface area contributed by atoms with Gasteiger partial charge in [-0.2, -0.15) is 5.26 Å². The zero-order valence-corrected chi connectivity index (χ0v) is 9.82. The summed E-state index contributed by atoms with van der Waals surface area (Å²) in [7, 11) is 0. The smallest absolute Gasteiger partial charge is 0.261 e. The van der Waals surface area contributed by atoms with E-state index in [0.717, 1.165) is 9.37 Å². The second-order valence-corrected chi connectivity index (χ2v) is 4.28. The molecule has 5 heteroatoms. The molecule has 1 heterocycles. The fourth-order valence-corrected chi connectivity index (χ4v) is 1.99. The van der Waals surface area contributed by atoms with Crippen molar-refractivity contribution in [1.82, 2.24) is 4.90 Å². The normalized spacial score (nSPS) is 13.9. The highest BCUT2D eigenvalue weighted by Gasteiger charge is 2.34. The third kappa shape index (κ3) is 1.61. The van der Waals surface area contributed by atoms with Gasteiger partial charge in [-0.15, -0.1) is 0 Å². The van der Waals surface area contributed by atoms with Gasteiger partial charge >= 0.3 is 0 Å². The highest BCUT2D eigenvalue weighted by molar-refractivity contribution is 9.10. The average molecular weight is 279 g/mol. The number of carbonyl (C=O) groups is 2. The fourth-order valence-electron chi connectivity index (χ4n) is 1.63. The Morgan fingerprint density at radius 3 is 2.62 bits per heavy atom. The standard InChI is InChI=1S/C11H7BrN2O2/c12-7-2-3-8-9(6-7)11(16)14(10(8)15)5-1-4-13/h2-3,6H,1,5H2. The van der Waals surface area contributed by atoms with Gasteiger partial charge in [0.1, 0.15) is 0 Å². The molecule has 0 spiro atoms. The van der Waals surface area contributed by atoms with Gasteiger partial charge in [-0.05, 0) is 18.2 Å². The quantitative estimate of drug-likeness (QED) is 0.777. The van der Waals surface area contributed by atoms with Crippen molar-refractivity contribution in [2.45, 2.75) is 6.42 Å². The number of imide groups is 1. The molecule has 0 radical (unpaired) electrons. The van der Waals surface area contributed by atoms with Crippen LogP contribution in [0.25, 0.3) is 0 Å². The molecule has 1 aromatic rings. The number of hydrogen-bond acceptors (Lipinski definition) is 3. The van der Waals surface area contributed by atoms with Crippen molar-refractivity contribution < 1.29 is 9.59 Å². The van der Waals surface area contributed by atoms with Gasteiger partial charge in [0.2, 0.25) is 0 Å². The summed E-state index contributed by atoms with van der Waals surface area (Å²) in [6, 6.07) is 6.88. The Hall–Kier alpha value is -1.67. The highest BCUT2D eigenvalue weighted by Crippen LogP contribution is 2.25. The number of rotatable bonds is 2. The molecular weight excluding hydrogens is 272 g/mol. The van der Waals surface area contributed by atoms with Crippen LogP contribution >= 0.6 is 15.9 Å². The molecule has 2 amide bonds. The molecule has 16 heavy (non-hydrogen) atoms. The van der Waals surface area contributed by atoms with E-state index in [0.29, 0.717) is 11.1 Å². The maximum atomic E-state index is 11.8. The van der Waals surface area contributed by atoms with Crippen molar-refractivity contribution in [3.05, 3.63) is 33.8 Å². The molecule has 4 nitrogen and oxygen atoms in total. The summed E-state index contributed by atoms with van der Waals surface area (Å²) >= 11 is 3.25. The van der Waals surface area contributed by atoms with Crippen molar-refractivity contribution in [2.75, 3.05) is 6.54 Å². The monoisotopic (exact) mass is 278 g/mol. The third-order valence-corrected chi connectivity index (χ3v) is 2.87. The molecule has 0 saturated carbocycles. The highest BCUT2D eigenvalue weighted by atomic mass is 79.9. The van der Waals surface area contributed by atoms with Crippen LogP contribution in [0, 0.1) is 11.3 Å². The molecule has 1 aliphatic rings. The summed E-state index contributed by atoms with van der Waals surface area (Å²) in [5.41, 5.74) is 0.809. The summed E-state index contributed by atoms with van der Waals surface area (Å²) in [5, 5.41) is 8.45. The number of carbonyl (C=O) groups excluding carboxylic acids is 2. The van der Waals surface area contributed by atoms with Crippen LogP contribution in [0.5, 0.6) is 0 Å². The minimum Gasteiger partial charge on any atom is -0.273 e. The summed E-state index contributed by atoms with van der Waals surface area (Å²) < 4.78 is 0.759. The van der Waals surface area contributed by atoms with E-state index < -0.39 is 0 Å². The minimum atomic E-state index is -0.323. The summed E-state index contributed by atoms with van der Waals surface area (Å²) in [5.74, 6) is -0.640. The topological polar surface area (TPSA) is 61.2 Å². The molecule has 0 aliphatic carbocycles. The van der Waals surface area contributed by atoms with Gasteiger partial charge in [0.15, 0.2) is 0 Å². The van der Waals surface area contributed by atoms with Gasteiger partial charge in [0.05, 0.1) is 23.6 Å². The van der Waals surface area contributed by atoms with E-state index in [1.807, 2.05) is 6.07 Å². The molecular formula is C11H7BrN2O2. The van der Waals surface area contributed by atoms with Crippen molar-refractivity contribution in [2.24, 2.45) is 0 Å². The molecule has 0 saturated heterocycles. The number of benzene rings is 1. The van der Waals surface area contributed by atoms with Crippen molar-refractivity contribution in [3.63, 3.8) is 0 Å². The molecule has 0 unspecified atom stereocenters. The van der Waals surface area contributed by atoms with E-state index in [9.17, 15) is 9.59 Å². The molecule has 80 valence electrons. The van der Waals surface area contributed by atoms with E-state index in [1.165, 1.54) is 0 Å². The molecule has 0 fully saturated rings. The predicted molar refractivity (Wildman–Crippen MR) is 59.7 cm³/mol. The Labute approximate surface area is 101 Å². The Balaban J connectivity index is 2.37. The Bertz CT molecular complexity index is 519. The van der Waals surface area contributed by atoms with Crippen molar-refractivity contribution in [3.8, 4) is 6.07 Å². The lowest BCUT2D eigenvalue weighted by Gasteiger charge is -2.10. The van der Waals surface area contributed by atoms with Gasteiger partial charge < -0.3 is 0 Å². The van der Waals surface area contributed by atoms with Gasteiger partial charge in [0, 0.05) is 11.0 Å². The third-order valence-electron chi connectivity index (χ3n) is 2.38. The SMILES string of the molecule is N#CCCN1C(=O)c2ccc(Br)cc2C1=O. The van der Waals surface area contributed by atoms with Crippen LogP contribution < -0.4 is 0 Å². The molecule has 2 rings (SSSR count). The van der Waals surface area contributed by atoms with E-state index in [4.69, 9.17) is 5.26 Å². The van der Waals surface area contributed by atoms with Crippen LogP contribution in [-0.4, -0.2) is 23.3 Å². The number of fused-ring (bicyclic) bond motifs is 1. The molecule has 0 atom stereocenters. The van der Waals surface area contributed by atoms with Gasteiger partial charge in [-0.25, -0.2) is 0 Å². The molecule has 1 aromatic carbocycles. The van der Waals surface area contributed by atoms with Gasteiger partial charge in [-0.3, -0.25) is 14.5 Å². The second kappa shape index (κ2) is 4.06. The van der Waals surface area contributed by atoms with Crippen LogP contribution in [0.15, 0.2) is 22.7 Å². The molecule has 0 aromatic heterocycles. The van der Waals surface area contributed by atoms with E-state index >= 15 is 0 Å². The van der Waals surface area contributed by atoms with Gasteiger partial charge in [0.25, 0.3) is 11.8 Å². The lowest BCUT2D eigenvalue weighted by atomic mass is 10.1. The Morgan fingerprint density at radius 2 is 1.94 bits per heavy atom. The fraction of sp³-hybridized carbons (Fsp3) is 0.182. The first kappa shape index (κ1) is 10.8. The van der Waals surface area contributed by atoms with E-state index in [-0.39, 0.29) is 24.8 Å². The summed E-state index contributed by atoms with van der Waals surface area (Å²) in [4.78, 5) is 24.8. The van der Waals surface area contributed by atoms with Crippen LogP contribution in [0.2, 0.25) is 0 Å². The maximum Gasteiger partial charge on any atom is 0.261 e. The summed E-state index contributed by atoms with van der Waals surface area (Å²) in [6.07, 6.45) is 0.159. The molecule has 1 aliphatic heterocycles. The largest absolute Gasteiger partial charge is 0.273 e. The first-order valence-electron chi connectivity index (χ1n) is 4.68. The zero-order chi connectivity index (χ0) is 11.7. The van der Waals surface area contributed by atoms with Crippen LogP contribution in [0.4, 0.5) is 0 Å². The zero-order valence-electron chi connectivity index (χ0n) is 8.24. The Morgan fingerprint density at radius 1 is 1.25 bits per heavy atom. The van der Waals surface area contributed by atoms with E-state index in [2.05, 4.69) is 15.9 Å². The van der Waals surface area contributed by atoms with Crippen molar-refractivity contribution >= 4 is 27.7 Å².